The van der Waals surface area contributed by atoms with Crippen molar-refractivity contribution in [3.8, 4) is 0 Å². The van der Waals surface area contributed by atoms with Crippen LogP contribution in [0.4, 0.5) is 0 Å². The standard InChI is InChI=1S/C10H20N2OS/c1-4-5-8(2)12-10(13)9(11)6-7-14-3/h4,8-9H,1,5-7,11H2,2-3H3,(H,12,13)/t8?,9-/m0/s1. The van der Waals surface area contributed by atoms with E-state index in [1.807, 2.05) is 13.2 Å². The normalized spacial score (nSPS) is 14.5. The summed E-state index contributed by atoms with van der Waals surface area (Å²) >= 11 is 1.70. The van der Waals surface area contributed by atoms with E-state index < -0.39 is 0 Å². The molecule has 2 atom stereocenters. The van der Waals surface area contributed by atoms with Gasteiger partial charge in [0, 0.05) is 6.04 Å². The van der Waals surface area contributed by atoms with Crippen molar-refractivity contribution in [3.63, 3.8) is 0 Å². The van der Waals surface area contributed by atoms with Crippen LogP contribution in [0.5, 0.6) is 0 Å². The van der Waals surface area contributed by atoms with Crippen LogP contribution in [-0.4, -0.2) is 30.0 Å². The molecule has 0 aromatic rings. The minimum atomic E-state index is -0.380. The maximum Gasteiger partial charge on any atom is 0.237 e. The lowest BCUT2D eigenvalue weighted by atomic mass is 10.2. The highest BCUT2D eigenvalue weighted by molar-refractivity contribution is 7.98. The summed E-state index contributed by atoms with van der Waals surface area (Å²) in [7, 11) is 0. The highest BCUT2D eigenvalue weighted by Crippen LogP contribution is 1.99. The lowest BCUT2D eigenvalue weighted by molar-refractivity contribution is -0.122. The molecule has 0 aliphatic rings. The molecule has 0 fully saturated rings. The van der Waals surface area contributed by atoms with Gasteiger partial charge in [-0.3, -0.25) is 4.79 Å². The first-order chi connectivity index (χ1) is 6.61. The van der Waals surface area contributed by atoms with Crippen molar-refractivity contribution < 1.29 is 4.79 Å². The second kappa shape index (κ2) is 7.88. The van der Waals surface area contributed by atoms with Crippen LogP contribution in [0.1, 0.15) is 19.8 Å². The van der Waals surface area contributed by atoms with E-state index in [9.17, 15) is 4.79 Å². The molecule has 0 aliphatic heterocycles. The summed E-state index contributed by atoms with van der Waals surface area (Å²) in [5.41, 5.74) is 5.70. The molecule has 0 aliphatic carbocycles. The van der Waals surface area contributed by atoms with Gasteiger partial charge in [0.25, 0.3) is 0 Å². The third-order valence-electron chi connectivity index (χ3n) is 1.88. The van der Waals surface area contributed by atoms with Gasteiger partial charge < -0.3 is 11.1 Å². The molecule has 14 heavy (non-hydrogen) atoms. The molecule has 0 aromatic carbocycles. The first kappa shape index (κ1) is 13.5. The van der Waals surface area contributed by atoms with E-state index in [0.717, 1.165) is 18.6 Å². The van der Waals surface area contributed by atoms with Crippen LogP contribution >= 0.6 is 11.8 Å². The third kappa shape index (κ3) is 6.05. The average molecular weight is 216 g/mol. The highest BCUT2D eigenvalue weighted by Gasteiger charge is 2.14. The molecule has 0 saturated heterocycles. The summed E-state index contributed by atoms with van der Waals surface area (Å²) in [4.78, 5) is 11.5. The van der Waals surface area contributed by atoms with E-state index in [1.165, 1.54) is 0 Å². The van der Waals surface area contributed by atoms with Crippen LogP contribution in [0, 0.1) is 0 Å². The number of rotatable bonds is 7. The van der Waals surface area contributed by atoms with E-state index in [0.29, 0.717) is 0 Å². The number of thioether (sulfide) groups is 1. The summed E-state index contributed by atoms with van der Waals surface area (Å²) in [6, 6.07) is -0.255. The van der Waals surface area contributed by atoms with Gasteiger partial charge in [-0.2, -0.15) is 11.8 Å². The van der Waals surface area contributed by atoms with Gasteiger partial charge >= 0.3 is 0 Å². The number of nitrogens with two attached hydrogens (primary N) is 1. The van der Waals surface area contributed by atoms with Crippen molar-refractivity contribution in [2.75, 3.05) is 12.0 Å². The zero-order valence-electron chi connectivity index (χ0n) is 8.95. The number of nitrogens with one attached hydrogen (secondary N) is 1. The molecule has 0 saturated carbocycles. The Morgan fingerprint density at radius 1 is 1.71 bits per heavy atom. The van der Waals surface area contributed by atoms with Crippen molar-refractivity contribution in [3.05, 3.63) is 12.7 Å². The maximum atomic E-state index is 11.5. The molecule has 82 valence electrons. The molecule has 0 radical (unpaired) electrons. The van der Waals surface area contributed by atoms with Gasteiger partial charge in [0.05, 0.1) is 6.04 Å². The van der Waals surface area contributed by atoms with Gasteiger partial charge in [-0.25, -0.2) is 0 Å². The first-order valence-corrected chi connectivity index (χ1v) is 6.17. The van der Waals surface area contributed by atoms with E-state index in [1.54, 1.807) is 17.8 Å². The van der Waals surface area contributed by atoms with Crippen LogP contribution in [0.3, 0.4) is 0 Å². The van der Waals surface area contributed by atoms with E-state index in [4.69, 9.17) is 5.73 Å². The Hall–Kier alpha value is -0.480. The van der Waals surface area contributed by atoms with Gasteiger partial charge in [0.2, 0.25) is 5.91 Å². The van der Waals surface area contributed by atoms with Gasteiger partial charge in [-0.1, -0.05) is 6.08 Å². The number of carbonyl (C=O) groups excluding carboxylic acids is 1. The van der Waals surface area contributed by atoms with Crippen LogP contribution in [0.2, 0.25) is 0 Å². The Bertz CT molecular complexity index is 185. The Labute approximate surface area is 90.5 Å². The Morgan fingerprint density at radius 3 is 2.86 bits per heavy atom. The fourth-order valence-electron chi connectivity index (χ4n) is 1.03. The van der Waals surface area contributed by atoms with Crippen molar-refractivity contribution in [1.29, 1.82) is 0 Å². The largest absolute Gasteiger partial charge is 0.352 e. The fourth-order valence-corrected chi connectivity index (χ4v) is 1.52. The zero-order chi connectivity index (χ0) is 11.0. The predicted molar refractivity (Wildman–Crippen MR) is 63.4 cm³/mol. The number of hydrogen-bond acceptors (Lipinski definition) is 3. The quantitative estimate of drug-likeness (QED) is 0.628. The van der Waals surface area contributed by atoms with E-state index in [2.05, 4.69) is 11.9 Å². The number of carbonyl (C=O) groups is 1. The first-order valence-electron chi connectivity index (χ1n) is 4.77. The molecular formula is C10H20N2OS. The molecule has 1 unspecified atom stereocenters. The summed E-state index contributed by atoms with van der Waals surface area (Å²) in [5.74, 6) is 0.859. The van der Waals surface area contributed by atoms with Crippen LogP contribution < -0.4 is 11.1 Å². The second-order valence-electron chi connectivity index (χ2n) is 3.32. The summed E-state index contributed by atoms with van der Waals surface area (Å²) < 4.78 is 0. The fraction of sp³-hybridized carbons (Fsp3) is 0.700. The van der Waals surface area contributed by atoms with Gasteiger partial charge in [0.1, 0.15) is 0 Å². The van der Waals surface area contributed by atoms with Gasteiger partial charge in [-0.15, -0.1) is 6.58 Å². The van der Waals surface area contributed by atoms with Gasteiger partial charge in [0.15, 0.2) is 0 Å². The van der Waals surface area contributed by atoms with Crippen molar-refractivity contribution >= 4 is 17.7 Å². The minimum absolute atomic E-state index is 0.0617. The summed E-state index contributed by atoms with van der Waals surface area (Å²) in [6.45, 7) is 5.56. The smallest absolute Gasteiger partial charge is 0.237 e. The Balaban J connectivity index is 3.76. The molecule has 0 aromatic heterocycles. The van der Waals surface area contributed by atoms with Crippen molar-refractivity contribution in [2.45, 2.75) is 31.8 Å². The second-order valence-corrected chi connectivity index (χ2v) is 4.31. The Kier molecular flexibility index (Phi) is 7.61. The molecule has 3 N–H and O–H groups in total. The molecule has 0 rings (SSSR count). The van der Waals surface area contributed by atoms with Crippen molar-refractivity contribution in [2.24, 2.45) is 5.73 Å². The van der Waals surface area contributed by atoms with Crippen molar-refractivity contribution in [1.82, 2.24) is 5.32 Å². The molecule has 4 heteroatoms. The lowest BCUT2D eigenvalue weighted by Gasteiger charge is -2.15. The molecule has 0 bridgehead atoms. The average Bonchev–Trinajstić information content (AvgIpc) is 2.14. The van der Waals surface area contributed by atoms with Crippen LogP contribution in [0.15, 0.2) is 12.7 Å². The zero-order valence-corrected chi connectivity index (χ0v) is 9.77. The third-order valence-corrected chi connectivity index (χ3v) is 2.52. The summed E-state index contributed by atoms with van der Waals surface area (Å²) in [6.07, 6.45) is 5.30. The van der Waals surface area contributed by atoms with Crippen LogP contribution in [-0.2, 0) is 4.79 Å². The predicted octanol–water partition coefficient (Wildman–Crippen LogP) is 1.15. The van der Waals surface area contributed by atoms with E-state index in [-0.39, 0.29) is 18.0 Å². The number of amides is 1. The lowest BCUT2D eigenvalue weighted by Crippen LogP contribution is -2.44. The Morgan fingerprint density at radius 2 is 2.36 bits per heavy atom. The molecular weight excluding hydrogens is 196 g/mol. The maximum absolute atomic E-state index is 11.5. The van der Waals surface area contributed by atoms with E-state index >= 15 is 0 Å². The number of hydrogen-bond donors (Lipinski definition) is 2. The monoisotopic (exact) mass is 216 g/mol. The SMILES string of the molecule is C=CCC(C)NC(=O)[C@@H](N)CCSC. The molecule has 0 heterocycles. The van der Waals surface area contributed by atoms with Gasteiger partial charge in [-0.05, 0) is 31.8 Å². The molecule has 3 nitrogen and oxygen atoms in total. The highest BCUT2D eigenvalue weighted by atomic mass is 32.2. The molecule has 0 spiro atoms. The minimum Gasteiger partial charge on any atom is -0.352 e. The van der Waals surface area contributed by atoms with Crippen LogP contribution in [0.25, 0.3) is 0 Å². The molecule has 1 amide bonds. The topological polar surface area (TPSA) is 55.1 Å². The summed E-state index contributed by atoms with van der Waals surface area (Å²) in [5, 5.41) is 2.85.